The Morgan fingerprint density at radius 1 is 1.12 bits per heavy atom. The van der Waals surface area contributed by atoms with E-state index in [4.69, 9.17) is 4.74 Å². The summed E-state index contributed by atoms with van der Waals surface area (Å²) in [4.78, 5) is 20.3. The van der Waals surface area contributed by atoms with Gasteiger partial charge in [-0.2, -0.15) is 0 Å². The lowest BCUT2D eigenvalue weighted by Gasteiger charge is -2.39. The Bertz CT molecular complexity index is 1050. The Balaban J connectivity index is 1.33. The predicted molar refractivity (Wildman–Crippen MR) is 174 cm³/mol. The van der Waals surface area contributed by atoms with E-state index in [1.54, 1.807) is 0 Å². The molecule has 0 saturated carbocycles. The fraction of sp³-hybridized carbons (Fsp3) is 0.794. The van der Waals surface area contributed by atoms with Crippen LogP contribution in [0, 0.1) is 18.8 Å². The van der Waals surface area contributed by atoms with Gasteiger partial charge in [0.25, 0.3) is 0 Å². The first-order chi connectivity index (χ1) is 20.7. The second kappa shape index (κ2) is 15.0. The van der Waals surface area contributed by atoms with Crippen LogP contribution in [0.25, 0.3) is 0 Å². The van der Waals surface area contributed by atoms with Crippen LogP contribution in [0.5, 0.6) is 0 Å². The van der Waals surface area contributed by atoms with E-state index >= 15 is 0 Å². The summed E-state index contributed by atoms with van der Waals surface area (Å²) in [6, 6.07) is 5.85. The van der Waals surface area contributed by atoms with Crippen LogP contribution in [0.2, 0.25) is 0 Å². The van der Waals surface area contributed by atoms with Gasteiger partial charge >= 0.3 is 0 Å². The number of likely N-dealkylation sites (N-methyl/N-ethyl adjacent to an activating group) is 1. The standard InChI is InChI=1S/C34H58N6O3/c1-6-40(29-9-15-43-16-10-29)32-19-27(26-7-8-28(35-20-26)22-39-13-11-38(5)12-14-39)18-30(25(32)4)33(41)36-21-31-23(2)17-24(3)37-34(31)42/h18-19,23-24,26,28-29,31,33,35-36,41H,6-17,20-22H2,1-5H3,(H,37,42). The number of ether oxygens (including phenoxy) is 1. The molecular formula is C34H58N6O3. The van der Waals surface area contributed by atoms with Gasteiger partial charge in [0.1, 0.15) is 6.23 Å². The zero-order valence-electron chi connectivity index (χ0n) is 27.4. The largest absolute Gasteiger partial charge is 0.381 e. The molecule has 4 N–H and O–H groups in total. The van der Waals surface area contributed by atoms with Crippen molar-refractivity contribution in [3.05, 3.63) is 28.8 Å². The van der Waals surface area contributed by atoms with E-state index < -0.39 is 6.23 Å². The number of benzene rings is 1. The number of nitrogens with one attached hydrogen (secondary N) is 3. The van der Waals surface area contributed by atoms with E-state index in [0.717, 1.165) is 95.8 Å². The van der Waals surface area contributed by atoms with E-state index in [-0.39, 0.29) is 23.8 Å². The first-order valence-corrected chi connectivity index (χ1v) is 17.1. The summed E-state index contributed by atoms with van der Waals surface area (Å²) in [7, 11) is 2.22. The molecule has 6 unspecified atom stereocenters. The highest BCUT2D eigenvalue weighted by atomic mass is 16.5. The maximum atomic E-state index is 12.8. The van der Waals surface area contributed by atoms with Crippen LogP contribution >= 0.6 is 0 Å². The van der Waals surface area contributed by atoms with Crippen LogP contribution in [0.3, 0.4) is 0 Å². The molecule has 0 spiro atoms. The second-order valence-corrected chi connectivity index (χ2v) is 13.9. The van der Waals surface area contributed by atoms with Gasteiger partial charge in [0, 0.05) is 94.9 Å². The summed E-state index contributed by atoms with van der Waals surface area (Å²) in [5, 5.41) is 22.0. The van der Waals surface area contributed by atoms with Gasteiger partial charge in [-0.1, -0.05) is 13.0 Å². The molecule has 1 amide bonds. The smallest absolute Gasteiger partial charge is 0.224 e. The van der Waals surface area contributed by atoms with E-state index in [1.807, 2.05) is 0 Å². The van der Waals surface area contributed by atoms with Gasteiger partial charge < -0.3 is 30.3 Å². The fourth-order valence-corrected chi connectivity index (χ4v) is 7.91. The third-order valence-electron chi connectivity index (χ3n) is 10.8. The molecule has 4 heterocycles. The van der Waals surface area contributed by atoms with Crippen LogP contribution in [-0.4, -0.2) is 112 Å². The highest BCUT2D eigenvalue weighted by Gasteiger charge is 2.33. The zero-order chi connectivity index (χ0) is 30.5. The maximum absolute atomic E-state index is 12.8. The average molecular weight is 599 g/mol. The number of carbonyl (C=O) groups is 1. The number of hydrogen-bond donors (Lipinski definition) is 4. The lowest BCUT2D eigenvalue weighted by atomic mass is 9.84. The molecule has 0 bridgehead atoms. The zero-order valence-corrected chi connectivity index (χ0v) is 27.4. The fourth-order valence-electron chi connectivity index (χ4n) is 7.91. The SMILES string of the molecule is CCN(c1cc(C2CCC(CN3CCN(C)CC3)NC2)cc(C(O)NCC2C(=O)NC(C)CC2C)c1C)C1CCOCC1. The van der Waals surface area contributed by atoms with Crippen molar-refractivity contribution in [1.29, 1.82) is 0 Å². The Morgan fingerprint density at radius 3 is 2.51 bits per heavy atom. The summed E-state index contributed by atoms with van der Waals surface area (Å²) >= 11 is 0. The number of aliphatic hydroxyl groups is 1. The molecule has 4 aliphatic heterocycles. The van der Waals surface area contributed by atoms with Crippen molar-refractivity contribution >= 4 is 11.6 Å². The van der Waals surface area contributed by atoms with E-state index in [2.05, 4.69) is 77.5 Å². The molecule has 0 aromatic heterocycles. The molecule has 9 heteroatoms. The summed E-state index contributed by atoms with van der Waals surface area (Å²) < 4.78 is 5.70. The van der Waals surface area contributed by atoms with Crippen LogP contribution in [0.1, 0.15) is 81.7 Å². The minimum atomic E-state index is -0.826. The number of piperidine rings is 2. The molecule has 6 atom stereocenters. The predicted octanol–water partition coefficient (Wildman–Crippen LogP) is 2.82. The van der Waals surface area contributed by atoms with Crippen LogP contribution in [-0.2, 0) is 9.53 Å². The third-order valence-corrected chi connectivity index (χ3v) is 10.8. The van der Waals surface area contributed by atoms with Crippen molar-refractivity contribution in [2.24, 2.45) is 11.8 Å². The number of carbonyl (C=O) groups excluding carboxylic acids is 1. The van der Waals surface area contributed by atoms with Crippen molar-refractivity contribution in [1.82, 2.24) is 25.8 Å². The molecule has 1 aromatic carbocycles. The summed E-state index contributed by atoms with van der Waals surface area (Å²) in [5.74, 6) is 0.645. The molecule has 43 heavy (non-hydrogen) atoms. The minimum absolute atomic E-state index is 0.0909. The highest BCUT2D eigenvalue weighted by Crippen LogP contribution is 2.36. The van der Waals surface area contributed by atoms with Gasteiger partial charge in [-0.3, -0.25) is 15.0 Å². The Hall–Kier alpha value is -1.75. The molecular weight excluding hydrogens is 540 g/mol. The molecule has 5 rings (SSSR count). The molecule has 4 saturated heterocycles. The van der Waals surface area contributed by atoms with Crippen molar-refractivity contribution in [3.8, 4) is 0 Å². The van der Waals surface area contributed by atoms with Crippen molar-refractivity contribution in [3.63, 3.8) is 0 Å². The Labute approximate surface area is 260 Å². The molecule has 4 fully saturated rings. The molecule has 0 aliphatic carbocycles. The van der Waals surface area contributed by atoms with Gasteiger partial charge in [-0.25, -0.2) is 0 Å². The number of amides is 1. The monoisotopic (exact) mass is 598 g/mol. The van der Waals surface area contributed by atoms with Gasteiger partial charge in [0.15, 0.2) is 0 Å². The van der Waals surface area contributed by atoms with Crippen LogP contribution in [0.15, 0.2) is 12.1 Å². The van der Waals surface area contributed by atoms with Gasteiger partial charge in [0.05, 0.1) is 5.92 Å². The second-order valence-electron chi connectivity index (χ2n) is 13.9. The number of hydrogen-bond acceptors (Lipinski definition) is 8. The van der Waals surface area contributed by atoms with E-state index in [0.29, 0.717) is 24.5 Å². The molecule has 242 valence electrons. The van der Waals surface area contributed by atoms with Crippen molar-refractivity contribution in [2.45, 2.75) is 90.1 Å². The summed E-state index contributed by atoms with van der Waals surface area (Å²) in [5.41, 5.74) is 4.61. The first-order valence-electron chi connectivity index (χ1n) is 17.1. The normalized spacial score (nSPS) is 30.7. The minimum Gasteiger partial charge on any atom is -0.381 e. The van der Waals surface area contributed by atoms with Crippen molar-refractivity contribution < 1.29 is 14.6 Å². The molecule has 9 nitrogen and oxygen atoms in total. The van der Waals surface area contributed by atoms with Gasteiger partial charge in [-0.05, 0) is 89.0 Å². The number of nitrogens with zero attached hydrogens (tertiary/aromatic N) is 3. The number of anilines is 1. The Morgan fingerprint density at radius 2 is 1.86 bits per heavy atom. The first kappa shape index (κ1) is 32.6. The quantitative estimate of drug-likeness (QED) is 0.306. The number of piperazine rings is 1. The van der Waals surface area contributed by atoms with Gasteiger partial charge in [-0.15, -0.1) is 0 Å². The molecule has 1 aromatic rings. The van der Waals surface area contributed by atoms with E-state index in [1.165, 1.54) is 17.7 Å². The average Bonchev–Trinajstić information content (AvgIpc) is 3.00. The Kier molecular flexibility index (Phi) is 11.4. The highest BCUT2D eigenvalue weighted by molar-refractivity contribution is 5.80. The number of aliphatic hydroxyl groups excluding tert-OH is 1. The van der Waals surface area contributed by atoms with Crippen LogP contribution in [0.4, 0.5) is 5.69 Å². The van der Waals surface area contributed by atoms with Crippen LogP contribution < -0.4 is 20.9 Å². The summed E-state index contributed by atoms with van der Waals surface area (Å²) in [6.07, 6.45) is 4.51. The van der Waals surface area contributed by atoms with Gasteiger partial charge in [0.2, 0.25) is 5.91 Å². The maximum Gasteiger partial charge on any atom is 0.224 e. The lowest BCUT2D eigenvalue weighted by Crippen LogP contribution is -2.51. The lowest BCUT2D eigenvalue weighted by molar-refractivity contribution is -0.129. The van der Waals surface area contributed by atoms with E-state index in [9.17, 15) is 9.90 Å². The number of rotatable bonds is 10. The third kappa shape index (κ3) is 8.10. The molecule has 0 radical (unpaired) electrons. The summed E-state index contributed by atoms with van der Waals surface area (Å²) in [6.45, 7) is 18.3. The van der Waals surface area contributed by atoms with Crippen molar-refractivity contribution in [2.75, 3.05) is 77.5 Å². The molecule has 4 aliphatic rings. The topological polar surface area (TPSA) is 92.3 Å².